The number of halogens is 1. The molecule has 1 amide bonds. The van der Waals surface area contributed by atoms with Gasteiger partial charge in [0, 0.05) is 0 Å². The highest BCUT2D eigenvalue weighted by atomic mass is 79.9. The molecule has 0 aromatic carbocycles. The Morgan fingerprint density at radius 3 is 2.60 bits per heavy atom. The van der Waals surface area contributed by atoms with Gasteiger partial charge in [0.25, 0.3) is 0 Å². The van der Waals surface area contributed by atoms with Gasteiger partial charge in [-0.15, -0.1) is 0 Å². The van der Waals surface area contributed by atoms with Gasteiger partial charge in [0.05, 0.1) is 5.60 Å². The Hall–Kier alpha value is -0.940. The van der Waals surface area contributed by atoms with E-state index in [4.69, 9.17) is 4.84 Å². The second-order valence-electron chi connectivity index (χ2n) is 3.95. The van der Waals surface area contributed by atoms with E-state index in [0.717, 1.165) is 5.06 Å². The third kappa shape index (κ3) is 3.97. The van der Waals surface area contributed by atoms with Gasteiger partial charge in [-0.25, -0.2) is 4.98 Å². The highest BCUT2D eigenvalue weighted by Gasteiger charge is 2.18. The Morgan fingerprint density at radius 2 is 2.13 bits per heavy atom. The number of pyridine rings is 1. The molecule has 0 N–H and O–H groups in total. The molecule has 0 aliphatic heterocycles. The van der Waals surface area contributed by atoms with Gasteiger partial charge in [-0.3, -0.25) is 9.63 Å². The molecule has 15 heavy (non-hydrogen) atoms. The standard InChI is InChI=1S/C10H13BrN2O2/c1-10(2,3)15-13(7-14)9-6-4-5-8(11)12-9/h4-7H,1-3H3. The van der Waals surface area contributed by atoms with E-state index in [9.17, 15) is 4.79 Å². The van der Waals surface area contributed by atoms with Crippen molar-refractivity contribution in [3.63, 3.8) is 0 Å². The first-order valence-electron chi connectivity index (χ1n) is 4.48. The maximum atomic E-state index is 10.8. The van der Waals surface area contributed by atoms with Crippen LogP contribution in [0.25, 0.3) is 0 Å². The predicted octanol–water partition coefficient (Wildman–Crippen LogP) is 2.54. The van der Waals surface area contributed by atoms with Crippen LogP contribution in [0.5, 0.6) is 0 Å². The Balaban J connectivity index is 2.88. The van der Waals surface area contributed by atoms with E-state index in [1.54, 1.807) is 18.2 Å². The number of hydroxylamine groups is 1. The highest BCUT2D eigenvalue weighted by molar-refractivity contribution is 9.10. The Labute approximate surface area is 97.3 Å². The molecule has 1 rings (SSSR count). The lowest BCUT2D eigenvalue weighted by atomic mass is 10.2. The summed E-state index contributed by atoms with van der Waals surface area (Å²) in [5, 5.41) is 1.12. The lowest BCUT2D eigenvalue weighted by Crippen LogP contribution is -2.33. The molecular weight excluding hydrogens is 260 g/mol. The van der Waals surface area contributed by atoms with Crippen molar-refractivity contribution in [1.29, 1.82) is 0 Å². The van der Waals surface area contributed by atoms with Crippen molar-refractivity contribution in [2.75, 3.05) is 5.06 Å². The van der Waals surface area contributed by atoms with Crippen LogP contribution < -0.4 is 5.06 Å². The van der Waals surface area contributed by atoms with Gasteiger partial charge < -0.3 is 0 Å². The molecule has 1 aromatic heterocycles. The van der Waals surface area contributed by atoms with Crippen LogP contribution in [-0.2, 0) is 9.63 Å². The molecule has 4 nitrogen and oxygen atoms in total. The van der Waals surface area contributed by atoms with Crippen molar-refractivity contribution in [1.82, 2.24) is 4.98 Å². The van der Waals surface area contributed by atoms with Crippen LogP contribution in [0.2, 0.25) is 0 Å². The van der Waals surface area contributed by atoms with Crippen molar-refractivity contribution in [2.24, 2.45) is 0 Å². The van der Waals surface area contributed by atoms with E-state index in [-0.39, 0.29) is 0 Å². The number of amides is 1. The second-order valence-corrected chi connectivity index (χ2v) is 4.77. The van der Waals surface area contributed by atoms with Crippen LogP contribution in [0.1, 0.15) is 20.8 Å². The molecule has 0 aliphatic rings. The van der Waals surface area contributed by atoms with Crippen LogP contribution >= 0.6 is 15.9 Å². The third-order valence-electron chi connectivity index (χ3n) is 1.39. The minimum Gasteiger partial charge on any atom is -0.276 e. The molecule has 1 heterocycles. The first kappa shape index (κ1) is 12.1. The molecule has 0 saturated heterocycles. The fourth-order valence-corrected chi connectivity index (χ4v) is 1.27. The number of nitrogens with zero attached hydrogens (tertiary/aromatic N) is 2. The van der Waals surface area contributed by atoms with Crippen molar-refractivity contribution < 1.29 is 9.63 Å². The van der Waals surface area contributed by atoms with E-state index in [0.29, 0.717) is 16.8 Å². The summed E-state index contributed by atoms with van der Waals surface area (Å²) in [7, 11) is 0. The van der Waals surface area contributed by atoms with Crippen LogP contribution in [0.3, 0.4) is 0 Å². The molecule has 0 atom stereocenters. The Morgan fingerprint density at radius 1 is 1.47 bits per heavy atom. The molecule has 0 bridgehead atoms. The van der Waals surface area contributed by atoms with Gasteiger partial charge in [0.1, 0.15) is 4.60 Å². The zero-order valence-electron chi connectivity index (χ0n) is 8.90. The molecular formula is C10H13BrN2O2. The van der Waals surface area contributed by atoms with Gasteiger partial charge >= 0.3 is 0 Å². The lowest BCUT2D eigenvalue weighted by molar-refractivity contribution is -0.120. The maximum Gasteiger partial charge on any atom is 0.239 e. The lowest BCUT2D eigenvalue weighted by Gasteiger charge is -2.25. The van der Waals surface area contributed by atoms with Crippen LogP contribution in [0.15, 0.2) is 22.8 Å². The Kier molecular flexibility index (Phi) is 3.82. The molecule has 0 saturated carbocycles. The summed E-state index contributed by atoms with van der Waals surface area (Å²) in [5.74, 6) is 0.453. The molecule has 5 heteroatoms. The number of rotatable bonds is 3. The van der Waals surface area contributed by atoms with Crippen molar-refractivity contribution in [3.8, 4) is 0 Å². The van der Waals surface area contributed by atoms with Gasteiger partial charge in [0.2, 0.25) is 6.41 Å². The van der Waals surface area contributed by atoms with E-state index >= 15 is 0 Å². The van der Waals surface area contributed by atoms with E-state index in [2.05, 4.69) is 20.9 Å². The number of hydrogen-bond donors (Lipinski definition) is 0. The minimum absolute atomic E-state index is 0.440. The minimum atomic E-state index is -0.440. The average Bonchev–Trinajstić information content (AvgIpc) is 2.13. The van der Waals surface area contributed by atoms with Gasteiger partial charge in [-0.05, 0) is 48.8 Å². The summed E-state index contributed by atoms with van der Waals surface area (Å²) in [6, 6.07) is 5.27. The van der Waals surface area contributed by atoms with Crippen molar-refractivity contribution >= 4 is 28.2 Å². The topological polar surface area (TPSA) is 42.4 Å². The fourth-order valence-electron chi connectivity index (χ4n) is 0.938. The molecule has 0 spiro atoms. The quantitative estimate of drug-likeness (QED) is 0.483. The Bertz CT molecular complexity index is 350. The largest absolute Gasteiger partial charge is 0.276 e. The summed E-state index contributed by atoms with van der Waals surface area (Å²) in [6.45, 7) is 5.59. The average molecular weight is 273 g/mol. The van der Waals surface area contributed by atoms with Crippen molar-refractivity contribution in [3.05, 3.63) is 22.8 Å². The zero-order chi connectivity index (χ0) is 11.5. The molecule has 0 unspecified atom stereocenters. The van der Waals surface area contributed by atoms with E-state index < -0.39 is 5.60 Å². The van der Waals surface area contributed by atoms with Crippen LogP contribution in [-0.4, -0.2) is 17.0 Å². The molecule has 82 valence electrons. The monoisotopic (exact) mass is 272 g/mol. The van der Waals surface area contributed by atoms with Gasteiger partial charge in [-0.1, -0.05) is 6.07 Å². The summed E-state index contributed by atoms with van der Waals surface area (Å²) in [5.41, 5.74) is -0.440. The number of carbonyl (C=O) groups excluding carboxylic acids is 1. The fraction of sp³-hybridized carbons (Fsp3) is 0.400. The molecule has 0 aliphatic carbocycles. The predicted molar refractivity (Wildman–Crippen MR) is 61.3 cm³/mol. The number of anilines is 1. The highest BCUT2D eigenvalue weighted by Crippen LogP contribution is 2.18. The summed E-state index contributed by atoms with van der Waals surface area (Å²) in [6.07, 6.45) is 0.597. The number of carbonyl (C=O) groups is 1. The maximum absolute atomic E-state index is 10.8. The number of aromatic nitrogens is 1. The van der Waals surface area contributed by atoms with Gasteiger partial charge in [-0.2, -0.15) is 5.06 Å². The molecule has 0 radical (unpaired) electrons. The normalized spacial score (nSPS) is 11.2. The van der Waals surface area contributed by atoms with E-state index in [1.807, 2.05) is 20.8 Å². The first-order chi connectivity index (χ1) is 6.92. The second kappa shape index (κ2) is 4.72. The summed E-state index contributed by atoms with van der Waals surface area (Å²) >= 11 is 3.23. The smallest absolute Gasteiger partial charge is 0.239 e. The zero-order valence-corrected chi connectivity index (χ0v) is 10.5. The van der Waals surface area contributed by atoms with Gasteiger partial charge in [0.15, 0.2) is 5.82 Å². The third-order valence-corrected chi connectivity index (χ3v) is 1.84. The number of hydrogen-bond acceptors (Lipinski definition) is 3. The van der Waals surface area contributed by atoms with Crippen LogP contribution in [0, 0.1) is 0 Å². The van der Waals surface area contributed by atoms with Crippen molar-refractivity contribution in [2.45, 2.75) is 26.4 Å². The van der Waals surface area contributed by atoms with Crippen LogP contribution in [0.4, 0.5) is 5.82 Å². The van der Waals surface area contributed by atoms with E-state index in [1.165, 1.54) is 0 Å². The molecule has 1 aromatic rings. The molecule has 0 fully saturated rings. The first-order valence-corrected chi connectivity index (χ1v) is 5.28. The SMILES string of the molecule is CC(C)(C)ON(C=O)c1cccc(Br)n1. The summed E-state index contributed by atoms with van der Waals surface area (Å²) in [4.78, 5) is 20.4. The summed E-state index contributed by atoms with van der Waals surface area (Å²) < 4.78 is 0.657.